The summed E-state index contributed by atoms with van der Waals surface area (Å²) in [5, 5.41) is 3.49. The standard InChI is InChI=1S/C27H37N5O/c1-2-29-27(32-15-13-24(20-32)23-10-4-3-5-11-23)30-17-21-8-6-9-22(16-21)18-31-14-7-12-25(19-31)26(28)33/h3-6,8-11,16,24-25H,2,7,12-15,17-20H2,1H3,(H2,28,33)(H,29,30). The quantitative estimate of drug-likeness (QED) is 0.504. The molecule has 0 aliphatic carbocycles. The van der Waals surface area contributed by atoms with Gasteiger partial charge in [-0.05, 0) is 49.4 Å². The number of nitrogens with zero attached hydrogens (tertiary/aromatic N) is 3. The van der Waals surface area contributed by atoms with Gasteiger partial charge in [0.2, 0.25) is 5.91 Å². The fourth-order valence-corrected chi connectivity index (χ4v) is 5.06. The number of hydrogen-bond acceptors (Lipinski definition) is 3. The van der Waals surface area contributed by atoms with E-state index in [1.54, 1.807) is 0 Å². The van der Waals surface area contributed by atoms with Crippen molar-refractivity contribution in [1.29, 1.82) is 0 Å². The Hall–Kier alpha value is -2.86. The van der Waals surface area contributed by atoms with Gasteiger partial charge in [-0.25, -0.2) is 4.99 Å². The second kappa shape index (κ2) is 11.3. The molecule has 0 bridgehead atoms. The zero-order chi connectivity index (χ0) is 23.0. The van der Waals surface area contributed by atoms with Crippen molar-refractivity contribution in [1.82, 2.24) is 15.1 Å². The Morgan fingerprint density at radius 3 is 2.67 bits per heavy atom. The number of likely N-dealkylation sites (tertiary alicyclic amines) is 2. The van der Waals surface area contributed by atoms with Crippen molar-refractivity contribution in [2.75, 3.05) is 32.7 Å². The number of benzene rings is 2. The highest BCUT2D eigenvalue weighted by molar-refractivity contribution is 5.80. The first kappa shape index (κ1) is 23.3. The van der Waals surface area contributed by atoms with Gasteiger partial charge >= 0.3 is 0 Å². The Balaban J connectivity index is 1.38. The van der Waals surface area contributed by atoms with Crippen molar-refractivity contribution >= 4 is 11.9 Å². The molecule has 0 spiro atoms. The molecule has 2 unspecified atom stereocenters. The molecule has 2 aliphatic heterocycles. The van der Waals surface area contributed by atoms with E-state index in [9.17, 15) is 4.79 Å². The minimum Gasteiger partial charge on any atom is -0.369 e. The summed E-state index contributed by atoms with van der Waals surface area (Å²) >= 11 is 0. The molecular weight excluding hydrogens is 410 g/mol. The maximum Gasteiger partial charge on any atom is 0.221 e. The molecule has 2 saturated heterocycles. The largest absolute Gasteiger partial charge is 0.369 e. The first-order valence-corrected chi connectivity index (χ1v) is 12.3. The summed E-state index contributed by atoms with van der Waals surface area (Å²) in [7, 11) is 0. The third kappa shape index (κ3) is 6.35. The molecule has 0 saturated carbocycles. The lowest BCUT2D eigenvalue weighted by atomic mass is 9.97. The van der Waals surface area contributed by atoms with Crippen molar-refractivity contribution in [3.63, 3.8) is 0 Å². The summed E-state index contributed by atoms with van der Waals surface area (Å²) in [6, 6.07) is 19.5. The summed E-state index contributed by atoms with van der Waals surface area (Å²) in [6.07, 6.45) is 3.10. The second-order valence-corrected chi connectivity index (χ2v) is 9.31. The van der Waals surface area contributed by atoms with E-state index in [0.717, 1.165) is 64.5 Å². The average molecular weight is 448 g/mol. The van der Waals surface area contributed by atoms with Crippen LogP contribution in [0.1, 0.15) is 48.8 Å². The van der Waals surface area contributed by atoms with Gasteiger partial charge in [0.15, 0.2) is 5.96 Å². The van der Waals surface area contributed by atoms with E-state index >= 15 is 0 Å². The first-order valence-electron chi connectivity index (χ1n) is 12.3. The molecule has 2 aromatic carbocycles. The Kier molecular flexibility index (Phi) is 8.00. The molecule has 6 heteroatoms. The predicted octanol–water partition coefficient (Wildman–Crippen LogP) is 3.34. The van der Waals surface area contributed by atoms with E-state index in [2.05, 4.69) is 76.6 Å². The zero-order valence-electron chi connectivity index (χ0n) is 19.7. The fraction of sp³-hybridized carbons (Fsp3) is 0.481. The monoisotopic (exact) mass is 447 g/mol. The highest BCUT2D eigenvalue weighted by Gasteiger charge is 2.26. The molecule has 33 heavy (non-hydrogen) atoms. The lowest BCUT2D eigenvalue weighted by Crippen LogP contribution is -2.40. The van der Waals surface area contributed by atoms with E-state index < -0.39 is 0 Å². The van der Waals surface area contributed by atoms with Gasteiger partial charge in [-0.3, -0.25) is 9.69 Å². The van der Waals surface area contributed by atoms with E-state index in [-0.39, 0.29) is 11.8 Å². The van der Waals surface area contributed by atoms with E-state index in [4.69, 9.17) is 10.7 Å². The summed E-state index contributed by atoms with van der Waals surface area (Å²) in [5.74, 6) is 1.37. The highest BCUT2D eigenvalue weighted by atomic mass is 16.1. The van der Waals surface area contributed by atoms with Gasteiger partial charge in [-0.1, -0.05) is 54.6 Å². The molecule has 2 atom stereocenters. The minimum atomic E-state index is -0.171. The Bertz CT molecular complexity index is 945. The summed E-state index contributed by atoms with van der Waals surface area (Å²) in [6.45, 7) is 8.32. The molecule has 4 rings (SSSR count). The molecule has 6 nitrogen and oxygen atoms in total. The van der Waals surface area contributed by atoms with Crippen molar-refractivity contribution < 1.29 is 4.79 Å². The maximum absolute atomic E-state index is 11.6. The van der Waals surface area contributed by atoms with E-state index in [0.29, 0.717) is 12.5 Å². The molecule has 176 valence electrons. The van der Waals surface area contributed by atoms with Gasteiger partial charge in [0.1, 0.15) is 0 Å². The number of amides is 1. The molecule has 3 N–H and O–H groups in total. The second-order valence-electron chi connectivity index (χ2n) is 9.31. The lowest BCUT2D eigenvalue weighted by Gasteiger charge is -2.31. The van der Waals surface area contributed by atoms with Crippen LogP contribution < -0.4 is 11.1 Å². The van der Waals surface area contributed by atoms with Crippen LogP contribution in [0.3, 0.4) is 0 Å². The van der Waals surface area contributed by atoms with Crippen molar-refractivity contribution in [2.24, 2.45) is 16.6 Å². The van der Waals surface area contributed by atoms with Crippen LogP contribution in [-0.2, 0) is 17.9 Å². The van der Waals surface area contributed by atoms with Crippen LogP contribution in [0, 0.1) is 5.92 Å². The van der Waals surface area contributed by atoms with Gasteiger partial charge < -0.3 is 16.0 Å². The molecule has 2 fully saturated rings. The molecule has 2 aromatic rings. The third-order valence-corrected chi connectivity index (χ3v) is 6.81. The van der Waals surface area contributed by atoms with Gasteiger partial charge in [0.05, 0.1) is 12.5 Å². The number of aliphatic imine (C=N–C) groups is 1. The Morgan fingerprint density at radius 1 is 1.06 bits per heavy atom. The van der Waals surface area contributed by atoms with Crippen molar-refractivity contribution in [3.8, 4) is 0 Å². The van der Waals surface area contributed by atoms with Gasteiger partial charge in [0.25, 0.3) is 0 Å². The summed E-state index contributed by atoms with van der Waals surface area (Å²) in [5.41, 5.74) is 9.44. The number of carbonyl (C=O) groups is 1. The van der Waals surface area contributed by atoms with Crippen LogP contribution in [-0.4, -0.2) is 54.4 Å². The van der Waals surface area contributed by atoms with Crippen LogP contribution in [0.15, 0.2) is 59.6 Å². The topological polar surface area (TPSA) is 74.0 Å². The zero-order valence-corrected chi connectivity index (χ0v) is 19.7. The van der Waals surface area contributed by atoms with E-state index in [1.807, 2.05) is 0 Å². The SMILES string of the molecule is CCNC(=NCc1cccc(CN2CCCC(C(N)=O)C2)c1)N1CCC(c2ccccc2)C1. The molecule has 2 heterocycles. The van der Waals surface area contributed by atoms with Crippen molar-refractivity contribution in [2.45, 2.75) is 45.2 Å². The number of nitrogens with one attached hydrogen (secondary N) is 1. The first-order chi connectivity index (χ1) is 16.1. The van der Waals surface area contributed by atoms with Crippen LogP contribution in [0.25, 0.3) is 0 Å². The van der Waals surface area contributed by atoms with Gasteiger partial charge in [-0.15, -0.1) is 0 Å². The number of rotatable bonds is 7. The number of carbonyl (C=O) groups excluding carboxylic acids is 1. The predicted molar refractivity (Wildman–Crippen MR) is 134 cm³/mol. The van der Waals surface area contributed by atoms with E-state index in [1.165, 1.54) is 16.7 Å². The number of hydrogen-bond donors (Lipinski definition) is 2. The fourth-order valence-electron chi connectivity index (χ4n) is 5.06. The lowest BCUT2D eigenvalue weighted by molar-refractivity contribution is -0.123. The Morgan fingerprint density at radius 2 is 1.88 bits per heavy atom. The summed E-state index contributed by atoms with van der Waals surface area (Å²) < 4.78 is 0. The molecule has 2 aliphatic rings. The Labute approximate surface area is 197 Å². The molecule has 0 radical (unpaired) electrons. The van der Waals surface area contributed by atoms with Crippen LogP contribution >= 0.6 is 0 Å². The maximum atomic E-state index is 11.6. The van der Waals surface area contributed by atoms with Crippen LogP contribution in [0.2, 0.25) is 0 Å². The van der Waals surface area contributed by atoms with Crippen LogP contribution in [0.4, 0.5) is 0 Å². The van der Waals surface area contributed by atoms with Crippen LogP contribution in [0.5, 0.6) is 0 Å². The van der Waals surface area contributed by atoms with Gasteiger partial charge in [0, 0.05) is 38.6 Å². The van der Waals surface area contributed by atoms with Gasteiger partial charge in [-0.2, -0.15) is 0 Å². The molecule has 1 amide bonds. The number of guanidine groups is 1. The smallest absolute Gasteiger partial charge is 0.221 e. The number of primary amides is 1. The average Bonchev–Trinajstić information content (AvgIpc) is 3.33. The molecule has 0 aromatic heterocycles. The third-order valence-electron chi connectivity index (χ3n) is 6.81. The van der Waals surface area contributed by atoms with Crippen molar-refractivity contribution in [3.05, 3.63) is 71.3 Å². The summed E-state index contributed by atoms with van der Waals surface area (Å²) in [4.78, 5) is 21.3. The minimum absolute atomic E-state index is 0.0191. The normalized spacial score (nSPS) is 21.8. The molecular formula is C27H37N5O. The number of piperidine rings is 1. The highest BCUT2D eigenvalue weighted by Crippen LogP contribution is 2.27. The number of nitrogens with two attached hydrogens (primary N) is 1.